The molecule has 31 heavy (non-hydrogen) atoms. The van der Waals surface area contributed by atoms with Crippen molar-refractivity contribution < 1.29 is 28.5 Å². The lowest BCUT2D eigenvalue weighted by Gasteiger charge is -2.29. The number of tetrazole rings is 1. The van der Waals surface area contributed by atoms with Gasteiger partial charge in [0.25, 0.3) is 5.88 Å². The van der Waals surface area contributed by atoms with Crippen LogP contribution in [0.4, 0.5) is 8.78 Å². The first kappa shape index (κ1) is 22.2. The number of aliphatic hydroxyl groups is 1. The normalized spacial score (nSPS) is 13.6. The molecule has 0 aliphatic carbocycles. The van der Waals surface area contributed by atoms with E-state index in [1.54, 1.807) is 0 Å². The van der Waals surface area contributed by atoms with Crippen LogP contribution >= 0.6 is 0 Å². The van der Waals surface area contributed by atoms with E-state index >= 15 is 0 Å². The molecule has 4 N–H and O–H groups in total. The van der Waals surface area contributed by atoms with Gasteiger partial charge < -0.3 is 20.7 Å². The Hall–Kier alpha value is -3.51. The summed E-state index contributed by atoms with van der Waals surface area (Å²) in [5.74, 6) is -4.37. The van der Waals surface area contributed by atoms with Gasteiger partial charge in [-0.2, -0.15) is 4.80 Å². The standard InChI is InChI=1S/C19H20F2N6O4/c1-19(2,30)15(18(28)29)14(22)9-27-25-16(24-26-27)11-6-5-10(8-13(11)21)31-17-12(20)4-3-7-23-17/h3-8,14-15,30H,9,22H2,1-2H3,(H,28,29)/t14-,15?/m1/s1. The van der Waals surface area contributed by atoms with Crippen molar-refractivity contribution in [3.05, 3.63) is 48.2 Å². The van der Waals surface area contributed by atoms with Crippen LogP contribution in [0.15, 0.2) is 36.5 Å². The van der Waals surface area contributed by atoms with Crippen molar-refractivity contribution in [1.82, 2.24) is 25.2 Å². The number of aromatic nitrogens is 5. The number of hydrogen-bond donors (Lipinski definition) is 3. The van der Waals surface area contributed by atoms with E-state index in [4.69, 9.17) is 10.5 Å². The fourth-order valence-corrected chi connectivity index (χ4v) is 3.03. The maximum absolute atomic E-state index is 14.6. The third-order valence-corrected chi connectivity index (χ3v) is 4.40. The van der Waals surface area contributed by atoms with Gasteiger partial charge in [0.2, 0.25) is 5.82 Å². The highest BCUT2D eigenvalue weighted by molar-refractivity contribution is 5.72. The molecule has 0 saturated heterocycles. The number of carboxylic acid groups (broad SMARTS) is 1. The van der Waals surface area contributed by atoms with E-state index in [0.29, 0.717) is 0 Å². The van der Waals surface area contributed by atoms with Crippen LogP contribution in [0.3, 0.4) is 0 Å². The van der Waals surface area contributed by atoms with Gasteiger partial charge >= 0.3 is 5.97 Å². The molecule has 0 fully saturated rings. The van der Waals surface area contributed by atoms with E-state index in [1.165, 1.54) is 38.2 Å². The van der Waals surface area contributed by atoms with Crippen LogP contribution in [-0.2, 0) is 11.3 Å². The zero-order valence-electron chi connectivity index (χ0n) is 16.6. The van der Waals surface area contributed by atoms with Gasteiger partial charge in [-0.3, -0.25) is 4.79 Å². The van der Waals surface area contributed by atoms with E-state index in [9.17, 15) is 23.8 Å². The summed E-state index contributed by atoms with van der Waals surface area (Å²) in [6, 6.07) is 5.25. The third kappa shape index (κ3) is 5.16. The molecule has 1 unspecified atom stereocenters. The number of rotatable bonds is 8. The van der Waals surface area contributed by atoms with Crippen molar-refractivity contribution in [2.24, 2.45) is 11.7 Å². The van der Waals surface area contributed by atoms with Crippen molar-refractivity contribution >= 4 is 5.97 Å². The SMILES string of the molecule is CC(C)(O)C(C(=O)O)[C@H](N)Cn1nnc(-c2ccc(Oc3ncccc3F)cc2F)n1. The highest BCUT2D eigenvalue weighted by Crippen LogP contribution is 2.27. The number of carbonyl (C=O) groups is 1. The van der Waals surface area contributed by atoms with Crippen LogP contribution in [0.1, 0.15) is 13.8 Å². The Morgan fingerprint density at radius 2 is 2.03 bits per heavy atom. The molecule has 0 aliphatic rings. The number of nitrogens with two attached hydrogens (primary N) is 1. The molecule has 0 saturated carbocycles. The zero-order valence-corrected chi connectivity index (χ0v) is 16.6. The summed E-state index contributed by atoms with van der Waals surface area (Å²) in [5.41, 5.74) is 4.34. The largest absolute Gasteiger partial charge is 0.481 e. The maximum Gasteiger partial charge on any atom is 0.311 e. The van der Waals surface area contributed by atoms with Gasteiger partial charge in [-0.25, -0.2) is 13.8 Å². The van der Waals surface area contributed by atoms with E-state index in [2.05, 4.69) is 20.4 Å². The Morgan fingerprint density at radius 3 is 2.65 bits per heavy atom. The molecule has 0 aliphatic heterocycles. The van der Waals surface area contributed by atoms with Crippen LogP contribution in [0.25, 0.3) is 11.4 Å². The van der Waals surface area contributed by atoms with Gasteiger partial charge in [0.1, 0.15) is 17.5 Å². The molecular weight excluding hydrogens is 414 g/mol. The minimum Gasteiger partial charge on any atom is -0.481 e. The molecule has 2 aromatic heterocycles. The summed E-state index contributed by atoms with van der Waals surface area (Å²) < 4.78 is 33.4. The number of nitrogens with zero attached hydrogens (tertiary/aromatic N) is 5. The van der Waals surface area contributed by atoms with Gasteiger partial charge in [-0.1, -0.05) is 0 Å². The second-order valence-electron chi connectivity index (χ2n) is 7.34. The van der Waals surface area contributed by atoms with Crippen molar-refractivity contribution in [3.63, 3.8) is 0 Å². The van der Waals surface area contributed by atoms with Crippen LogP contribution < -0.4 is 10.5 Å². The van der Waals surface area contributed by atoms with E-state index < -0.39 is 35.2 Å². The van der Waals surface area contributed by atoms with Gasteiger partial charge in [0.05, 0.1) is 17.7 Å². The molecule has 2 atom stereocenters. The highest BCUT2D eigenvalue weighted by atomic mass is 19.1. The minimum absolute atomic E-state index is 0.00839. The fraction of sp³-hybridized carbons (Fsp3) is 0.316. The summed E-state index contributed by atoms with van der Waals surface area (Å²) in [6.07, 6.45) is 1.34. The molecule has 0 bridgehead atoms. The smallest absolute Gasteiger partial charge is 0.311 e. The molecule has 2 heterocycles. The highest BCUT2D eigenvalue weighted by Gasteiger charge is 2.38. The van der Waals surface area contributed by atoms with Crippen molar-refractivity contribution in [2.75, 3.05) is 0 Å². The number of pyridine rings is 1. The molecule has 3 aromatic rings. The number of benzene rings is 1. The van der Waals surface area contributed by atoms with E-state index in [0.717, 1.165) is 16.9 Å². The Morgan fingerprint density at radius 1 is 1.29 bits per heavy atom. The van der Waals surface area contributed by atoms with Crippen molar-refractivity contribution in [1.29, 1.82) is 0 Å². The lowest BCUT2D eigenvalue weighted by atomic mass is 9.85. The fourth-order valence-electron chi connectivity index (χ4n) is 3.03. The molecule has 1 aromatic carbocycles. The predicted molar refractivity (Wildman–Crippen MR) is 103 cm³/mol. The lowest BCUT2D eigenvalue weighted by Crippen LogP contribution is -2.50. The second-order valence-corrected chi connectivity index (χ2v) is 7.34. The Kier molecular flexibility index (Phi) is 6.22. The number of ether oxygens (including phenoxy) is 1. The number of carboxylic acids is 1. The van der Waals surface area contributed by atoms with Crippen LogP contribution in [-0.4, -0.2) is 53.0 Å². The average Bonchev–Trinajstić information content (AvgIpc) is 3.10. The van der Waals surface area contributed by atoms with Gasteiger partial charge in [-0.05, 0) is 43.3 Å². The Balaban J connectivity index is 1.76. The van der Waals surface area contributed by atoms with Crippen molar-refractivity contribution in [3.8, 4) is 23.0 Å². The second kappa shape index (κ2) is 8.70. The molecule has 12 heteroatoms. The molecular formula is C19H20F2N6O4. The predicted octanol–water partition coefficient (Wildman–Crippen LogP) is 1.60. The summed E-state index contributed by atoms with van der Waals surface area (Å²) in [5, 5.41) is 30.9. The lowest BCUT2D eigenvalue weighted by molar-refractivity contribution is -0.151. The van der Waals surface area contributed by atoms with Crippen LogP contribution in [0.5, 0.6) is 11.6 Å². The number of hydrogen-bond acceptors (Lipinski definition) is 8. The van der Waals surface area contributed by atoms with Crippen LogP contribution in [0.2, 0.25) is 0 Å². The monoisotopic (exact) mass is 434 g/mol. The summed E-state index contributed by atoms with van der Waals surface area (Å²) >= 11 is 0. The van der Waals surface area contributed by atoms with Crippen molar-refractivity contribution in [2.45, 2.75) is 32.0 Å². The summed E-state index contributed by atoms with van der Waals surface area (Å²) in [6.45, 7) is 2.50. The van der Waals surface area contributed by atoms with Gasteiger partial charge in [-0.15, -0.1) is 10.2 Å². The first-order valence-corrected chi connectivity index (χ1v) is 9.13. The van der Waals surface area contributed by atoms with Crippen LogP contribution in [0, 0.1) is 17.6 Å². The zero-order chi connectivity index (χ0) is 22.8. The van der Waals surface area contributed by atoms with E-state index in [1.807, 2.05) is 0 Å². The number of halogens is 2. The average molecular weight is 434 g/mol. The minimum atomic E-state index is -1.58. The quantitative estimate of drug-likeness (QED) is 0.480. The molecule has 0 spiro atoms. The summed E-state index contributed by atoms with van der Waals surface area (Å²) in [7, 11) is 0. The first-order valence-electron chi connectivity index (χ1n) is 9.13. The molecule has 3 rings (SSSR count). The van der Waals surface area contributed by atoms with E-state index in [-0.39, 0.29) is 29.6 Å². The Labute approximate surface area is 175 Å². The first-order chi connectivity index (χ1) is 14.6. The topological polar surface area (TPSA) is 149 Å². The van der Waals surface area contributed by atoms with Gasteiger partial charge in [0.15, 0.2) is 5.82 Å². The molecule has 0 radical (unpaired) electrons. The Bertz CT molecular complexity index is 1090. The maximum atomic E-state index is 14.6. The number of aliphatic carboxylic acids is 1. The summed E-state index contributed by atoms with van der Waals surface area (Å²) in [4.78, 5) is 16.2. The molecule has 10 nitrogen and oxygen atoms in total. The molecule has 164 valence electrons. The molecule has 0 amide bonds. The van der Waals surface area contributed by atoms with Gasteiger partial charge in [0, 0.05) is 18.3 Å². The third-order valence-electron chi connectivity index (χ3n) is 4.40.